The molecule has 1 aromatic heterocycles. The van der Waals surface area contributed by atoms with E-state index >= 15 is 0 Å². The average molecular weight is 272 g/mol. The first-order valence-electron chi connectivity index (χ1n) is 7.17. The molecule has 0 aliphatic heterocycles. The van der Waals surface area contributed by atoms with Crippen molar-refractivity contribution in [2.45, 2.75) is 33.9 Å². The third kappa shape index (κ3) is 3.64. The van der Waals surface area contributed by atoms with Gasteiger partial charge in [0.15, 0.2) is 0 Å². The van der Waals surface area contributed by atoms with Crippen LogP contribution in [0.3, 0.4) is 0 Å². The lowest BCUT2D eigenvalue weighted by Crippen LogP contribution is -2.16. The Morgan fingerprint density at radius 3 is 2.70 bits per heavy atom. The van der Waals surface area contributed by atoms with Crippen molar-refractivity contribution < 1.29 is 4.42 Å². The van der Waals surface area contributed by atoms with Crippen LogP contribution in [0, 0.1) is 13.8 Å². The van der Waals surface area contributed by atoms with Crippen molar-refractivity contribution in [3.63, 3.8) is 0 Å². The van der Waals surface area contributed by atoms with E-state index in [1.165, 1.54) is 16.8 Å². The van der Waals surface area contributed by atoms with Gasteiger partial charge in [-0.05, 0) is 49.7 Å². The molecule has 0 radical (unpaired) electrons. The third-order valence-electron chi connectivity index (χ3n) is 3.44. The van der Waals surface area contributed by atoms with Crippen LogP contribution < -0.4 is 10.2 Å². The van der Waals surface area contributed by atoms with Gasteiger partial charge in [-0.3, -0.25) is 0 Å². The van der Waals surface area contributed by atoms with E-state index in [4.69, 9.17) is 4.42 Å². The Hall–Kier alpha value is -1.74. The second-order valence-corrected chi connectivity index (χ2v) is 5.29. The SMILES string of the molecule is CCNCc1oc(CN(C)c2cccc(C)c2)cc1C. The highest BCUT2D eigenvalue weighted by molar-refractivity contribution is 5.47. The molecule has 3 heteroatoms. The third-order valence-corrected chi connectivity index (χ3v) is 3.44. The zero-order chi connectivity index (χ0) is 14.5. The maximum atomic E-state index is 5.93. The number of anilines is 1. The Labute approximate surface area is 121 Å². The number of hydrogen-bond acceptors (Lipinski definition) is 3. The van der Waals surface area contributed by atoms with E-state index in [9.17, 15) is 0 Å². The molecular formula is C17H24N2O. The largest absolute Gasteiger partial charge is 0.463 e. The molecule has 1 heterocycles. The number of aryl methyl sites for hydroxylation is 2. The molecule has 0 aliphatic rings. The number of furan rings is 1. The van der Waals surface area contributed by atoms with Crippen LogP contribution in [0.1, 0.15) is 29.6 Å². The molecule has 2 aromatic rings. The minimum absolute atomic E-state index is 0.788. The van der Waals surface area contributed by atoms with Crippen molar-refractivity contribution in [2.24, 2.45) is 0 Å². The van der Waals surface area contributed by atoms with Gasteiger partial charge in [0.05, 0.1) is 13.1 Å². The monoisotopic (exact) mass is 272 g/mol. The molecule has 1 aromatic carbocycles. The molecule has 108 valence electrons. The lowest BCUT2D eigenvalue weighted by atomic mass is 10.2. The van der Waals surface area contributed by atoms with Gasteiger partial charge in [0, 0.05) is 12.7 Å². The maximum Gasteiger partial charge on any atom is 0.123 e. The smallest absolute Gasteiger partial charge is 0.123 e. The number of nitrogens with one attached hydrogen (secondary N) is 1. The fourth-order valence-corrected chi connectivity index (χ4v) is 2.27. The molecule has 0 spiro atoms. The molecular weight excluding hydrogens is 248 g/mol. The number of rotatable bonds is 6. The average Bonchev–Trinajstić information content (AvgIpc) is 2.76. The molecule has 0 atom stereocenters. The summed E-state index contributed by atoms with van der Waals surface area (Å²) in [4.78, 5) is 2.21. The lowest BCUT2D eigenvalue weighted by molar-refractivity contribution is 0.446. The minimum atomic E-state index is 0.788. The quantitative estimate of drug-likeness (QED) is 0.870. The van der Waals surface area contributed by atoms with Gasteiger partial charge in [-0.25, -0.2) is 0 Å². The first-order valence-corrected chi connectivity index (χ1v) is 7.17. The van der Waals surface area contributed by atoms with Crippen LogP contribution >= 0.6 is 0 Å². The van der Waals surface area contributed by atoms with Crippen molar-refractivity contribution in [3.8, 4) is 0 Å². The Kier molecular flexibility index (Phi) is 4.85. The summed E-state index contributed by atoms with van der Waals surface area (Å²) < 4.78 is 5.93. The van der Waals surface area contributed by atoms with Crippen LogP contribution in [-0.2, 0) is 13.1 Å². The van der Waals surface area contributed by atoms with Crippen molar-refractivity contribution in [2.75, 3.05) is 18.5 Å². The summed E-state index contributed by atoms with van der Waals surface area (Å²) in [7, 11) is 2.09. The van der Waals surface area contributed by atoms with E-state index in [2.05, 4.69) is 68.4 Å². The maximum absolute atomic E-state index is 5.93. The van der Waals surface area contributed by atoms with Crippen molar-refractivity contribution in [1.29, 1.82) is 0 Å². The van der Waals surface area contributed by atoms with E-state index in [1.54, 1.807) is 0 Å². The lowest BCUT2D eigenvalue weighted by Gasteiger charge is -2.18. The molecule has 1 N–H and O–H groups in total. The van der Waals surface area contributed by atoms with E-state index in [1.807, 2.05) is 0 Å². The predicted molar refractivity (Wildman–Crippen MR) is 84.1 cm³/mol. The number of nitrogens with zero attached hydrogens (tertiary/aromatic N) is 1. The van der Waals surface area contributed by atoms with Gasteiger partial charge in [-0.1, -0.05) is 19.1 Å². The zero-order valence-corrected chi connectivity index (χ0v) is 12.9. The summed E-state index contributed by atoms with van der Waals surface area (Å²) in [5.74, 6) is 2.05. The molecule has 0 saturated carbocycles. The van der Waals surface area contributed by atoms with Crippen molar-refractivity contribution in [3.05, 3.63) is 53.0 Å². The van der Waals surface area contributed by atoms with Gasteiger partial charge in [-0.2, -0.15) is 0 Å². The summed E-state index contributed by atoms with van der Waals surface area (Å²) in [6.07, 6.45) is 0. The Bertz CT molecular complexity index is 560. The molecule has 0 aliphatic carbocycles. The van der Waals surface area contributed by atoms with Crippen LogP contribution in [0.15, 0.2) is 34.7 Å². The highest BCUT2D eigenvalue weighted by Gasteiger charge is 2.10. The Balaban J connectivity index is 2.06. The highest BCUT2D eigenvalue weighted by atomic mass is 16.3. The molecule has 20 heavy (non-hydrogen) atoms. The van der Waals surface area contributed by atoms with Gasteiger partial charge >= 0.3 is 0 Å². The molecule has 0 unspecified atom stereocenters. The van der Waals surface area contributed by atoms with E-state index in [0.29, 0.717) is 0 Å². The normalized spacial score (nSPS) is 10.8. The Morgan fingerprint density at radius 2 is 2.00 bits per heavy atom. The number of benzene rings is 1. The zero-order valence-electron chi connectivity index (χ0n) is 12.9. The molecule has 2 rings (SSSR count). The Morgan fingerprint density at radius 1 is 1.20 bits per heavy atom. The first-order chi connectivity index (χ1) is 9.60. The van der Waals surface area contributed by atoms with Crippen molar-refractivity contribution in [1.82, 2.24) is 5.32 Å². The summed E-state index contributed by atoms with van der Waals surface area (Å²) in [5.41, 5.74) is 3.71. The standard InChI is InChI=1S/C17H24N2O/c1-5-18-11-17-14(3)10-16(20-17)12-19(4)15-8-6-7-13(2)9-15/h6-10,18H,5,11-12H2,1-4H3. The fourth-order valence-electron chi connectivity index (χ4n) is 2.27. The van der Waals surface area contributed by atoms with Gasteiger partial charge in [-0.15, -0.1) is 0 Å². The number of hydrogen-bond donors (Lipinski definition) is 1. The fraction of sp³-hybridized carbons (Fsp3) is 0.412. The second-order valence-electron chi connectivity index (χ2n) is 5.29. The molecule has 0 amide bonds. The summed E-state index contributed by atoms with van der Waals surface area (Å²) in [5, 5.41) is 3.30. The molecule has 0 bridgehead atoms. The van der Waals surface area contributed by atoms with Crippen LogP contribution in [0.2, 0.25) is 0 Å². The second kappa shape index (κ2) is 6.62. The van der Waals surface area contributed by atoms with Crippen molar-refractivity contribution >= 4 is 5.69 Å². The van der Waals surface area contributed by atoms with Gasteiger partial charge < -0.3 is 14.6 Å². The van der Waals surface area contributed by atoms with E-state index < -0.39 is 0 Å². The molecule has 0 saturated heterocycles. The molecule has 0 fully saturated rings. The highest BCUT2D eigenvalue weighted by Crippen LogP contribution is 2.20. The van der Waals surface area contributed by atoms with E-state index in [-0.39, 0.29) is 0 Å². The minimum Gasteiger partial charge on any atom is -0.463 e. The first kappa shape index (κ1) is 14.7. The molecule has 3 nitrogen and oxygen atoms in total. The van der Waals surface area contributed by atoms with E-state index in [0.717, 1.165) is 31.2 Å². The van der Waals surface area contributed by atoms with Crippen LogP contribution in [-0.4, -0.2) is 13.6 Å². The van der Waals surface area contributed by atoms with Gasteiger partial charge in [0.25, 0.3) is 0 Å². The van der Waals surface area contributed by atoms with Crippen LogP contribution in [0.25, 0.3) is 0 Å². The van der Waals surface area contributed by atoms with Gasteiger partial charge in [0.1, 0.15) is 11.5 Å². The predicted octanol–water partition coefficient (Wildman–Crippen LogP) is 3.64. The van der Waals surface area contributed by atoms with Gasteiger partial charge in [0.2, 0.25) is 0 Å². The topological polar surface area (TPSA) is 28.4 Å². The van der Waals surface area contributed by atoms with Crippen LogP contribution in [0.5, 0.6) is 0 Å². The summed E-state index contributed by atoms with van der Waals surface area (Å²) in [6.45, 7) is 8.87. The summed E-state index contributed by atoms with van der Waals surface area (Å²) >= 11 is 0. The van der Waals surface area contributed by atoms with Crippen LogP contribution in [0.4, 0.5) is 5.69 Å². The summed E-state index contributed by atoms with van der Waals surface area (Å²) in [6, 6.07) is 10.7.